The first-order chi connectivity index (χ1) is 10.6. The molecule has 1 aliphatic carbocycles. The van der Waals surface area contributed by atoms with Crippen molar-refractivity contribution in [1.82, 2.24) is 5.32 Å². The average Bonchev–Trinajstić information content (AvgIpc) is 2.52. The molecule has 2 aliphatic rings. The first kappa shape index (κ1) is 15.8. The molecule has 1 N–H and O–H groups in total. The lowest BCUT2D eigenvalue weighted by atomic mass is 9.91. The molecule has 1 saturated carbocycles. The lowest BCUT2D eigenvalue weighted by Crippen LogP contribution is -2.47. The number of hydrogen-bond acceptors (Lipinski definition) is 4. The molecule has 1 aromatic rings. The molecule has 1 aromatic carbocycles. The maximum absolute atomic E-state index is 12.0. The number of ether oxygens (including phenoxy) is 1. The lowest BCUT2D eigenvalue weighted by Gasteiger charge is -2.33. The minimum atomic E-state index is -2.98. The highest BCUT2D eigenvalue weighted by molar-refractivity contribution is 7.91. The Balaban J connectivity index is 1.67. The second kappa shape index (κ2) is 6.59. The molecule has 3 atom stereocenters. The van der Waals surface area contributed by atoms with Gasteiger partial charge in [-0.3, -0.25) is 0 Å². The molecule has 0 aromatic heterocycles. The molecule has 0 amide bonds. The Morgan fingerprint density at radius 1 is 1.18 bits per heavy atom. The number of hydrogen-bond donors (Lipinski definition) is 1. The molecule has 0 unspecified atom stereocenters. The van der Waals surface area contributed by atoms with Crippen molar-refractivity contribution in [3.05, 3.63) is 29.8 Å². The van der Waals surface area contributed by atoms with E-state index in [2.05, 4.69) is 11.4 Å². The van der Waals surface area contributed by atoms with Gasteiger partial charge in [-0.1, -0.05) is 31.0 Å². The van der Waals surface area contributed by atoms with Crippen molar-refractivity contribution in [1.29, 1.82) is 0 Å². The van der Waals surface area contributed by atoms with Crippen molar-refractivity contribution in [3.8, 4) is 5.75 Å². The fourth-order valence-corrected chi connectivity index (χ4v) is 5.19. The van der Waals surface area contributed by atoms with Gasteiger partial charge in [0.2, 0.25) is 0 Å². The molecule has 1 fully saturated rings. The van der Waals surface area contributed by atoms with Gasteiger partial charge in [0, 0.05) is 24.8 Å². The van der Waals surface area contributed by atoms with E-state index in [-0.39, 0.29) is 11.3 Å². The Hall–Kier alpha value is -1.07. The Kier molecular flexibility index (Phi) is 4.73. The van der Waals surface area contributed by atoms with E-state index in [0.29, 0.717) is 5.92 Å². The highest BCUT2D eigenvalue weighted by Crippen LogP contribution is 2.33. The zero-order chi connectivity index (χ0) is 15.6. The summed E-state index contributed by atoms with van der Waals surface area (Å²) in [6.07, 6.45) is 6.26. The van der Waals surface area contributed by atoms with Crippen LogP contribution in [-0.2, 0) is 9.84 Å². The van der Waals surface area contributed by atoms with Crippen molar-refractivity contribution in [2.45, 2.75) is 49.3 Å². The van der Waals surface area contributed by atoms with Crippen molar-refractivity contribution >= 4 is 9.84 Å². The summed E-state index contributed by atoms with van der Waals surface area (Å²) in [6, 6.07) is 8.27. The molecule has 0 spiro atoms. The Morgan fingerprint density at radius 3 is 2.77 bits per heavy atom. The standard InChI is InChI=1S/C17H25NO3S/c1-22(19,20)17-9-5-3-7-15(17)18-12-13-10-11-21-16-8-4-2-6-14(13)16/h2,4,6,8,13,15,17-18H,3,5,7,9-12H2,1H3/t13-,15-,17-/m1/s1. The van der Waals surface area contributed by atoms with Crippen molar-refractivity contribution in [3.63, 3.8) is 0 Å². The topological polar surface area (TPSA) is 55.4 Å². The number of rotatable bonds is 4. The van der Waals surface area contributed by atoms with Gasteiger partial charge in [-0.05, 0) is 30.9 Å². The second-order valence-electron chi connectivity index (χ2n) is 6.54. The van der Waals surface area contributed by atoms with Crippen LogP contribution >= 0.6 is 0 Å². The molecule has 0 saturated heterocycles. The summed E-state index contributed by atoms with van der Waals surface area (Å²) in [5, 5.41) is 3.33. The van der Waals surface area contributed by atoms with Gasteiger partial charge in [-0.25, -0.2) is 8.42 Å². The number of sulfone groups is 1. The van der Waals surface area contributed by atoms with Gasteiger partial charge in [-0.15, -0.1) is 0 Å². The fraction of sp³-hybridized carbons (Fsp3) is 0.647. The third-order valence-electron chi connectivity index (χ3n) is 4.96. The average molecular weight is 323 g/mol. The van der Waals surface area contributed by atoms with E-state index in [1.165, 1.54) is 11.8 Å². The summed E-state index contributed by atoms with van der Waals surface area (Å²) < 4.78 is 29.7. The molecule has 122 valence electrons. The molecule has 5 heteroatoms. The lowest BCUT2D eigenvalue weighted by molar-refractivity contribution is 0.258. The molecule has 0 bridgehead atoms. The Bertz CT molecular complexity index is 614. The normalized spacial score (nSPS) is 28.7. The van der Waals surface area contributed by atoms with Crippen LogP contribution in [0.2, 0.25) is 0 Å². The minimum Gasteiger partial charge on any atom is -0.493 e. The summed E-state index contributed by atoms with van der Waals surface area (Å²) in [5.41, 5.74) is 1.24. The zero-order valence-electron chi connectivity index (χ0n) is 13.1. The van der Waals surface area contributed by atoms with Gasteiger partial charge < -0.3 is 10.1 Å². The Morgan fingerprint density at radius 2 is 1.95 bits per heavy atom. The fourth-order valence-electron chi connectivity index (χ4n) is 3.76. The maximum atomic E-state index is 12.0. The number of nitrogens with one attached hydrogen (secondary N) is 1. The minimum absolute atomic E-state index is 0.0961. The van der Waals surface area contributed by atoms with Crippen LogP contribution in [-0.4, -0.2) is 39.1 Å². The van der Waals surface area contributed by atoms with E-state index in [4.69, 9.17) is 4.74 Å². The second-order valence-corrected chi connectivity index (χ2v) is 8.80. The number of benzene rings is 1. The van der Waals surface area contributed by atoms with E-state index in [0.717, 1.165) is 51.0 Å². The summed E-state index contributed by atoms with van der Waals surface area (Å²) in [7, 11) is -2.98. The summed E-state index contributed by atoms with van der Waals surface area (Å²) in [6.45, 7) is 1.57. The highest BCUT2D eigenvalue weighted by Gasteiger charge is 2.33. The van der Waals surface area contributed by atoms with Gasteiger partial charge >= 0.3 is 0 Å². The predicted octanol–water partition coefficient (Wildman–Crippen LogP) is 2.50. The predicted molar refractivity (Wildman–Crippen MR) is 88.2 cm³/mol. The highest BCUT2D eigenvalue weighted by atomic mass is 32.2. The SMILES string of the molecule is CS(=O)(=O)[C@@H]1CCCC[C@H]1NC[C@H]1CCOc2ccccc21. The first-order valence-corrected chi connectivity index (χ1v) is 10.1. The van der Waals surface area contributed by atoms with Gasteiger partial charge in [0.05, 0.1) is 11.9 Å². The smallest absolute Gasteiger partial charge is 0.151 e. The van der Waals surface area contributed by atoms with Gasteiger partial charge in [-0.2, -0.15) is 0 Å². The Labute approximate surface area is 133 Å². The molecule has 22 heavy (non-hydrogen) atoms. The van der Waals surface area contributed by atoms with Gasteiger partial charge in [0.1, 0.15) is 5.75 Å². The van der Waals surface area contributed by atoms with Crippen LogP contribution in [0.3, 0.4) is 0 Å². The van der Waals surface area contributed by atoms with Crippen molar-refractivity contribution in [2.75, 3.05) is 19.4 Å². The van der Waals surface area contributed by atoms with Crippen LogP contribution < -0.4 is 10.1 Å². The molecule has 1 heterocycles. The van der Waals surface area contributed by atoms with E-state index in [9.17, 15) is 8.42 Å². The van der Waals surface area contributed by atoms with Crippen LogP contribution in [0.25, 0.3) is 0 Å². The molecule has 3 rings (SSSR count). The third kappa shape index (κ3) is 3.46. The van der Waals surface area contributed by atoms with Crippen LogP contribution in [0.5, 0.6) is 5.75 Å². The van der Waals surface area contributed by atoms with Gasteiger partial charge in [0.15, 0.2) is 9.84 Å². The zero-order valence-corrected chi connectivity index (χ0v) is 13.9. The molecular formula is C17H25NO3S. The first-order valence-electron chi connectivity index (χ1n) is 8.19. The summed E-state index contributed by atoms with van der Waals surface area (Å²) in [5.74, 6) is 1.39. The van der Waals surface area contributed by atoms with E-state index < -0.39 is 9.84 Å². The van der Waals surface area contributed by atoms with Crippen molar-refractivity contribution < 1.29 is 13.2 Å². The quantitative estimate of drug-likeness (QED) is 0.925. The number of para-hydroxylation sites is 1. The van der Waals surface area contributed by atoms with E-state index in [1.807, 2.05) is 18.2 Å². The molecule has 1 aliphatic heterocycles. The number of fused-ring (bicyclic) bond motifs is 1. The van der Waals surface area contributed by atoms with Crippen LogP contribution in [0.15, 0.2) is 24.3 Å². The van der Waals surface area contributed by atoms with E-state index >= 15 is 0 Å². The van der Waals surface area contributed by atoms with Crippen molar-refractivity contribution in [2.24, 2.45) is 0 Å². The summed E-state index contributed by atoms with van der Waals surface area (Å²) >= 11 is 0. The maximum Gasteiger partial charge on any atom is 0.151 e. The molecule has 0 radical (unpaired) electrons. The van der Waals surface area contributed by atoms with Crippen LogP contribution in [0, 0.1) is 0 Å². The molecule has 4 nitrogen and oxygen atoms in total. The van der Waals surface area contributed by atoms with Crippen LogP contribution in [0.1, 0.15) is 43.6 Å². The van der Waals surface area contributed by atoms with E-state index in [1.54, 1.807) is 0 Å². The monoisotopic (exact) mass is 323 g/mol. The van der Waals surface area contributed by atoms with Crippen LogP contribution in [0.4, 0.5) is 0 Å². The third-order valence-corrected chi connectivity index (χ3v) is 6.63. The van der Waals surface area contributed by atoms with Gasteiger partial charge in [0.25, 0.3) is 0 Å². The largest absolute Gasteiger partial charge is 0.493 e. The molecular weight excluding hydrogens is 298 g/mol. The summed E-state index contributed by atoms with van der Waals surface area (Å²) in [4.78, 5) is 0.